The molecule has 4 rings (SSSR count). The van der Waals surface area contributed by atoms with Crippen molar-refractivity contribution in [3.63, 3.8) is 0 Å². The Bertz CT molecular complexity index is 993. The Balaban J connectivity index is 2.09. The van der Waals surface area contributed by atoms with Crippen LogP contribution in [0.2, 0.25) is 0 Å². The van der Waals surface area contributed by atoms with Crippen LogP contribution in [0.3, 0.4) is 0 Å². The van der Waals surface area contributed by atoms with E-state index in [0.717, 1.165) is 16.8 Å². The maximum atomic E-state index is 10.2. The van der Waals surface area contributed by atoms with Gasteiger partial charge in [-0.2, -0.15) is 14.6 Å². The molecule has 0 bridgehead atoms. The van der Waals surface area contributed by atoms with Crippen LogP contribution >= 0.6 is 0 Å². The van der Waals surface area contributed by atoms with Crippen molar-refractivity contribution in [3.05, 3.63) is 66.5 Å². The first-order valence-corrected chi connectivity index (χ1v) is 7.30. The van der Waals surface area contributed by atoms with Crippen LogP contribution in [0.25, 0.3) is 28.3 Å². The Labute approximate surface area is 132 Å². The van der Waals surface area contributed by atoms with E-state index in [0.29, 0.717) is 17.0 Å². The van der Waals surface area contributed by atoms with Gasteiger partial charge in [0.1, 0.15) is 12.1 Å². The zero-order valence-corrected chi connectivity index (χ0v) is 12.5. The van der Waals surface area contributed by atoms with E-state index < -0.39 is 0 Å². The Morgan fingerprint density at radius 2 is 1.70 bits per heavy atom. The van der Waals surface area contributed by atoms with Crippen LogP contribution in [0.1, 0.15) is 5.56 Å². The standard InChI is InChI=1S/C18H14N4O/c1-12-16(14-9-5-6-10-15(14)23)21-18-19-11-20-22(18)17(12)13-7-3-2-4-8-13/h2-11,23H,1H3. The number of hydrogen-bond acceptors (Lipinski definition) is 4. The third-order valence-corrected chi connectivity index (χ3v) is 3.87. The molecular weight excluding hydrogens is 288 g/mol. The molecule has 0 saturated carbocycles. The predicted molar refractivity (Wildman–Crippen MR) is 88.1 cm³/mol. The van der Waals surface area contributed by atoms with Crippen LogP contribution in [0.5, 0.6) is 5.75 Å². The molecule has 0 spiro atoms. The minimum atomic E-state index is 0.200. The molecule has 0 saturated heterocycles. The first-order chi connectivity index (χ1) is 11.3. The maximum Gasteiger partial charge on any atom is 0.253 e. The largest absolute Gasteiger partial charge is 0.507 e. The monoisotopic (exact) mass is 302 g/mol. The fourth-order valence-electron chi connectivity index (χ4n) is 2.80. The molecule has 0 aliphatic carbocycles. The summed E-state index contributed by atoms with van der Waals surface area (Å²) < 4.78 is 1.73. The van der Waals surface area contributed by atoms with Crippen LogP contribution in [0.15, 0.2) is 60.9 Å². The van der Waals surface area contributed by atoms with E-state index in [1.165, 1.54) is 6.33 Å². The zero-order chi connectivity index (χ0) is 15.8. The summed E-state index contributed by atoms with van der Waals surface area (Å²) in [5.74, 6) is 0.707. The summed E-state index contributed by atoms with van der Waals surface area (Å²) in [4.78, 5) is 8.80. The van der Waals surface area contributed by atoms with Gasteiger partial charge in [-0.15, -0.1) is 0 Å². The number of hydrogen-bond donors (Lipinski definition) is 1. The summed E-state index contributed by atoms with van der Waals surface area (Å²) in [5.41, 5.74) is 4.29. The summed E-state index contributed by atoms with van der Waals surface area (Å²) >= 11 is 0. The summed E-state index contributed by atoms with van der Waals surface area (Å²) in [6, 6.07) is 17.2. The second-order valence-corrected chi connectivity index (χ2v) is 5.29. The Morgan fingerprint density at radius 1 is 0.957 bits per heavy atom. The number of phenolic OH excluding ortho intramolecular Hbond substituents is 1. The van der Waals surface area contributed by atoms with Crippen LogP contribution < -0.4 is 0 Å². The van der Waals surface area contributed by atoms with Gasteiger partial charge in [-0.3, -0.25) is 0 Å². The van der Waals surface area contributed by atoms with E-state index in [1.807, 2.05) is 49.4 Å². The molecule has 0 fully saturated rings. The van der Waals surface area contributed by atoms with Gasteiger partial charge >= 0.3 is 0 Å². The molecule has 2 heterocycles. The van der Waals surface area contributed by atoms with E-state index in [4.69, 9.17) is 0 Å². The lowest BCUT2D eigenvalue weighted by Gasteiger charge is -2.13. The van der Waals surface area contributed by atoms with Crippen LogP contribution in [0.4, 0.5) is 0 Å². The molecule has 5 heteroatoms. The van der Waals surface area contributed by atoms with Gasteiger partial charge in [0.2, 0.25) is 0 Å². The molecule has 5 nitrogen and oxygen atoms in total. The van der Waals surface area contributed by atoms with E-state index in [9.17, 15) is 5.11 Å². The second-order valence-electron chi connectivity index (χ2n) is 5.29. The Morgan fingerprint density at radius 3 is 2.48 bits per heavy atom. The number of fused-ring (bicyclic) bond motifs is 1. The quantitative estimate of drug-likeness (QED) is 0.616. The molecule has 23 heavy (non-hydrogen) atoms. The smallest absolute Gasteiger partial charge is 0.253 e. The highest BCUT2D eigenvalue weighted by Crippen LogP contribution is 2.34. The van der Waals surface area contributed by atoms with Gasteiger partial charge in [0.25, 0.3) is 5.78 Å². The SMILES string of the molecule is Cc1c(-c2ccccc2O)nc2ncnn2c1-c1ccccc1. The van der Waals surface area contributed by atoms with E-state index in [-0.39, 0.29) is 5.75 Å². The van der Waals surface area contributed by atoms with Gasteiger partial charge in [0, 0.05) is 16.7 Å². The Hall–Kier alpha value is -3.21. The summed E-state index contributed by atoms with van der Waals surface area (Å²) in [7, 11) is 0. The lowest BCUT2D eigenvalue weighted by Crippen LogP contribution is -2.03. The molecule has 2 aromatic heterocycles. The maximum absolute atomic E-state index is 10.2. The first kappa shape index (κ1) is 13.5. The van der Waals surface area contributed by atoms with Crippen molar-refractivity contribution in [1.29, 1.82) is 0 Å². The number of benzene rings is 2. The fraction of sp³-hybridized carbons (Fsp3) is 0.0556. The van der Waals surface area contributed by atoms with E-state index in [1.54, 1.807) is 16.6 Å². The molecule has 0 aliphatic rings. The topological polar surface area (TPSA) is 63.3 Å². The summed E-state index contributed by atoms with van der Waals surface area (Å²) in [6.07, 6.45) is 1.49. The number of rotatable bonds is 2. The van der Waals surface area contributed by atoms with Gasteiger partial charge < -0.3 is 5.11 Å². The molecule has 4 aromatic rings. The number of aromatic hydroxyl groups is 1. The molecule has 0 amide bonds. The highest BCUT2D eigenvalue weighted by atomic mass is 16.3. The third kappa shape index (κ3) is 2.14. The van der Waals surface area contributed by atoms with Gasteiger partial charge in [0.15, 0.2) is 0 Å². The van der Waals surface area contributed by atoms with Gasteiger partial charge in [-0.05, 0) is 19.1 Å². The number of nitrogens with zero attached hydrogens (tertiary/aromatic N) is 4. The average molecular weight is 302 g/mol. The van der Waals surface area contributed by atoms with Gasteiger partial charge in [-0.1, -0.05) is 42.5 Å². The number of phenols is 1. The van der Waals surface area contributed by atoms with E-state index >= 15 is 0 Å². The first-order valence-electron chi connectivity index (χ1n) is 7.30. The van der Waals surface area contributed by atoms with Crippen molar-refractivity contribution in [2.45, 2.75) is 6.92 Å². The minimum Gasteiger partial charge on any atom is -0.507 e. The molecule has 0 unspecified atom stereocenters. The third-order valence-electron chi connectivity index (χ3n) is 3.87. The fourth-order valence-corrected chi connectivity index (χ4v) is 2.80. The van der Waals surface area contributed by atoms with Crippen molar-refractivity contribution in [1.82, 2.24) is 19.6 Å². The van der Waals surface area contributed by atoms with E-state index in [2.05, 4.69) is 15.1 Å². The second kappa shape index (κ2) is 5.21. The molecule has 2 aromatic carbocycles. The van der Waals surface area contributed by atoms with Crippen molar-refractivity contribution in [2.75, 3.05) is 0 Å². The van der Waals surface area contributed by atoms with Crippen molar-refractivity contribution in [3.8, 4) is 28.3 Å². The molecule has 0 atom stereocenters. The summed E-state index contributed by atoms with van der Waals surface area (Å²) in [5, 5.41) is 14.5. The number of para-hydroxylation sites is 1. The Kier molecular flexibility index (Phi) is 3.05. The highest BCUT2D eigenvalue weighted by Gasteiger charge is 2.17. The normalized spacial score (nSPS) is 11.0. The van der Waals surface area contributed by atoms with Crippen molar-refractivity contribution >= 4 is 5.78 Å². The molecule has 112 valence electrons. The molecule has 1 N–H and O–H groups in total. The predicted octanol–water partition coefficient (Wildman–Crippen LogP) is 3.47. The molecule has 0 radical (unpaired) electrons. The lowest BCUT2D eigenvalue weighted by molar-refractivity contribution is 0.477. The van der Waals surface area contributed by atoms with Crippen LogP contribution in [0, 0.1) is 6.92 Å². The van der Waals surface area contributed by atoms with Gasteiger partial charge in [0.05, 0.1) is 11.4 Å². The summed E-state index contributed by atoms with van der Waals surface area (Å²) in [6.45, 7) is 1.98. The molecule has 0 aliphatic heterocycles. The van der Waals surface area contributed by atoms with Crippen LogP contribution in [-0.4, -0.2) is 24.7 Å². The number of aromatic nitrogens is 4. The highest BCUT2D eigenvalue weighted by molar-refractivity contribution is 5.78. The minimum absolute atomic E-state index is 0.200. The van der Waals surface area contributed by atoms with Crippen molar-refractivity contribution < 1.29 is 5.11 Å². The zero-order valence-electron chi connectivity index (χ0n) is 12.5. The van der Waals surface area contributed by atoms with Crippen LogP contribution in [-0.2, 0) is 0 Å². The lowest BCUT2D eigenvalue weighted by atomic mass is 10.0. The van der Waals surface area contributed by atoms with Crippen molar-refractivity contribution in [2.24, 2.45) is 0 Å². The average Bonchev–Trinajstić information content (AvgIpc) is 3.04. The van der Waals surface area contributed by atoms with Gasteiger partial charge in [-0.25, -0.2) is 4.98 Å². The molecular formula is C18H14N4O.